The van der Waals surface area contributed by atoms with Crippen molar-refractivity contribution < 1.29 is 44.8 Å². The molecule has 2 aliphatic rings. The fourth-order valence-electron chi connectivity index (χ4n) is 2.44. The molecule has 0 aliphatic carbocycles. The van der Waals surface area contributed by atoms with Gasteiger partial charge in [0, 0.05) is 0 Å². The first-order valence-electron chi connectivity index (χ1n) is 6.80. The molecule has 2 rings (SSSR count). The molecule has 0 amide bonds. The predicted octanol–water partition coefficient (Wildman–Crippen LogP) is -3.69. The standard InChI is InChI=1S/C12H22O9/c1-4-7(15)11(5(14)3-19-4)21-12-10(18)9(17)8(16)6(2-13)20-12/h4-18H,2-3H2,1H3/t4-,5+,6+,7+,8+,9-,10-,11-,12?/m0/s1. The second-order valence-electron chi connectivity index (χ2n) is 5.39. The molecule has 9 nitrogen and oxygen atoms in total. The van der Waals surface area contributed by atoms with E-state index in [4.69, 9.17) is 19.3 Å². The number of hydrogen-bond donors (Lipinski definition) is 6. The SMILES string of the molecule is C[C@@H]1OC[C@@H](O)[C@H](OC2O[C@H](CO)[C@@H](O)[C@H](O)[C@@H]2O)[C@@H]1O. The van der Waals surface area contributed by atoms with Crippen molar-refractivity contribution in [2.75, 3.05) is 13.2 Å². The zero-order valence-corrected chi connectivity index (χ0v) is 11.5. The highest BCUT2D eigenvalue weighted by Crippen LogP contribution is 2.26. The van der Waals surface area contributed by atoms with E-state index in [9.17, 15) is 25.5 Å². The van der Waals surface area contributed by atoms with Crippen LogP contribution in [0.25, 0.3) is 0 Å². The Morgan fingerprint density at radius 1 is 1.00 bits per heavy atom. The van der Waals surface area contributed by atoms with E-state index in [2.05, 4.69) is 0 Å². The second kappa shape index (κ2) is 6.82. The molecular weight excluding hydrogens is 288 g/mol. The van der Waals surface area contributed by atoms with Gasteiger partial charge >= 0.3 is 0 Å². The summed E-state index contributed by atoms with van der Waals surface area (Å²) in [6.45, 7) is 0.959. The van der Waals surface area contributed by atoms with Crippen LogP contribution in [-0.4, -0.2) is 99.0 Å². The summed E-state index contributed by atoms with van der Waals surface area (Å²) in [5.74, 6) is 0. The lowest BCUT2D eigenvalue weighted by Crippen LogP contribution is -2.62. The van der Waals surface area contributed by atoms with Gasteiger partial charge in [0.05, 0.1) is 19.3 Å². The van der Waals surface area contributed by atoms with Gasteiger partial charge in [0.2, 0.25) is 0 Å². The summed E-state index contributed by atoms with van der Waals surface area (Å²) < 4.78 is 15.6. The van der Waals surface area contributed by atoms with Gasteiger partial charge in [-0.15, -0.1) is 0 Å². The van der Waals surface area contributed by atoms with Crippen LogP contribution in [0, 0.1) is 0 Å². The Kier molecular flexibility index (Phi) is 5.52. The molecular formula is C12H22O9. The maximum absolute atomic E-state index is 9.96. The van der Waals surface area contributed by atoms with Crippen molar-refractivity contribution in [1.82, 2.24) is 0 Å². The molecule has 2 fully saturated rings. The fraction of sp³-hybridized carbons (Fsp3) is 1.00. The van der Waals surface area contributed by atoms with Gasteiger partial charge in [-0.3, -0.25) is 0 Å². The van der Waals surface area contributed by atoms with Crippen LogP contribution >= 0.6 is 0 Å². The monoisotopic (exact) mass is 310 g/mol. The highest BCUT2D eigenvalue weighted by molar-refractivity contribution is 4.92. The molecule has 2 heterocycles. The summed E-state index contributed by atoms with van der Waals surface area (Å²) in [6.07, 6.45) is -11.1. The molecule has 0 aromatic heterocycles. The highest BCUT2D eigenvalue weighted by Gasteiger charge is 2.47. The van der Waals surface area contributed by atoms with E-state index in [1.165, 1.54) is 0 Å². The van der Waals surface area contributed by atoms with E-state index in [1.807, 2.05) is 0 Å². The van der Waals surface area contributed by atoms with Crippen molar-refractivity contribution in [3.8, 4) is 0 Å². The van der Waals surface area contributed by atoms with Gasteiger partial charge in [-0.05, 0) is 6.92 Å². The van der Waals surface area contributed by atoms with E-state index in [-0.39, 0.29) is 6.61 Å². The minimum Gasteiger partial charge on any atom is -0.394 e. The van der Waals surface area contributed by atoms with Crippen molar-refractivity contribution in [2.45, 2.75) is 62.0 Å². The molecule has 0 spiro atoms. The number of aliphatic hydroxyl groups excluding tert-OH is 6. The van der Waals surface area contributed by atoms with Gasteiger partial charge in [-0.1, -0.05) is 0 Å². The summed E-state index contributed by atoms with van der Waals surface area (Å²) in [4.78, 5) is 0. The van der Waals surface area contributed by atoms with Crippen LogP contribution in [0.4, 0.5) is 0 Å². The molecule has 6 N–H and O–H groups in total. The Morgan fingerprint density at radius 2 is 1.67 bits per heavy atom. The predicted molar refractivity (Wildman–Crippen MR) is 66.1 cm³/mol. The summed E-state index contributed by atoms with van der Waals surface area (Å²) in [7, 11) is 0. The van der Waals surface area contributed by atoms with Gasteiger partial charge in [-0.2, -0.15) is 0 Å². The lowest BCUT2D eigenvalue weighted by atomic mass is 9.98. The third-order valence-electron chi connectivity index (χ3n) is 3.87. The molecule has 0 saturated carbocycles. The fourth-order valence-corrected chi connectivity index (χ4v) is 2.44. The first-order valence-corrected chi connectivity index (χ1v) is 6.80. The number of aliphatic hydroxyl groups is 6. The van der Waals surface area contributed by atoms with Gasteiger partial charge in [-0.25, -0.2) is 0 Å². The highest BCUT2D eigenvalue weighted by atomic mass is 16.7. The first-order chi connectivity index (χ1) is 9.86. The number of ether oxygens (including phenoxy) is 3. The molecule has 9 heteroatoms. The maximum Gasteiger partial charge on any atom is 0.187 e. The molecule has 2 aliphatic heterocycles. The largest absolute Gasteiger partial charge is 0.394 e. The summed E-state index contributed by atoms with van der Waals surface area (Å²) in [6, 6.07) is 0. The molecule has 2 saturated heterocycles. The van der Waals surface area contributed by atoms with Crippen molar-refractivity contribution in [3.63, 3.8) is 0 Å². The van der Waals surface area contributed by atoms with Gasteiger partial charge in [0.15, 0.2) is 6.29 Å². The van der Waals surface area contributed by atoms with Crippen LogP contribution in [0.2, 0.25) is 0 Å². The number of rotatable bonds is 3. The van der Waals surface area contributed by atoms with Crippen LogP contribution in [0.3, 0.4) is 0 Å². The van der Waals surface area contributed by atoms with Gasteiger partial charge in [0.25, 0.3) is 0 Å². The Bertz CT molecular complexity index is 339. The van der Waals surface area contributed by atoms with Crippen molar-refractivity contribution in [1.29, 1.82) is 0 Å². The van der Waals surface area contributed by atoms with E-state index in [0.717, 1.165) is 0 Å². The molecule has 0 radical (unpaired) electrons. The summed E-state index contributed by atoms with van der Waals surface area (Å²) in [5.41, 5.74) is 0. The average molecular weight is 310 g/mol. The molecule has 0 aromatic rings. The third-order valence-corrected chi connectivity index (χ3v) is 3.87. The van der Waals surface area contributed by atoms with Crippen LogP contribution < -0.4 is 0 Å². The molecule has 0 bridgehead atoms. The quantitative estimate of drug-likeness (QED) is 0.310. The van der Waals surface area contributed by atoms with Crippen LogP contribution in [-0.2, 0) is 14.2 Å². The lowest BCUT2D eigenvalue weighted by Gasteiger charge is -2.43. The zero-order chi connectivity index (χ0) is 15.7. The minimum atomic E-state index is -1.58. The Morgan fingerprint density at radius 3 is 2.29 bits per heavy atom. The summed E-state index contributed by atoms with van der Waals surface area (Å²) in [5, 5.41) is 58.0. The smallest absolute Gasteiger partial charge is 0.187 e. The van der Waals surface area contributed by atoms with E-state index in [1.54, 1.807) is 6.92 Å². The van der Waals surface area contributed by atoms with Crippen molar-refractivity contribution in [3.05, 3.63) is 0 Å². The summed E-state index contributed by atoms with van der Waals surface area (Å²) >= 11 is 0. The van der Waals surface area contributed by atoms with Crippen LogP contribution in [0.15, 0.2) is 0 Å². The average Bonchev–Trinajstić information content (AvgIpc) is 2.47. The molecule has 1 unspecified atom stereocenters. The van der Waals surface area contributed by atoms with Crippen LogP contribution in [0.5, 0.6) is 0 Å². The molecule has 9 atom stereocenters. The molecule has 21 heavy (non-hydrogen) atoms. The lowest BCUT2D eigenvalue weighted by molar-refractivity contribution is -0.334. The van der Waals surface area contributed by atoms with E-state index in [0.29, 0.717) is 0 Å². The van der Waals surface area contributed by atoms with E-state index < -0.39 is 61.7 Å². The topological polar surface area (TPSA) is 149 Å². The van der Waals surface area contributed by atoms with E-state index >= 15 is 0 Å². The third kappa shape index (κ3) is 3.36. The molecule has 0 aromatic carbocycles. The normalized spacial score (nSPS) is 51.9. The first kappa shape index (κ1) is 17.0. The Balaban J connectivity index is 2.06. The van der Waals surface area contributed by atoms with Crippen molar-refractivity contribution >= 4 is 0 Å². The molecule has 124 valence electrons. The number of hydrogen-bond acceptors (Lipinski definition) is 9. The zero-order valence-electron chi connectivity index (χ0n) is 11.5. The second-order valence-corrected chi connectivity index (χ2v) is 5.39. The van der Waals surface area contributed by atoms with Crippen molar-refractivity contribution in [2.24, 2.45) is 0 Å². The van der Waals surface area contributed by atoms with Crippen LogP contribution in [0.1, 0.15) is 6.92 Å². The Labute approximate surface area is 121 Å². The van der Waals surface area contributed by atoms with Gasteiger partial charge in [0.1, 0.15) is 42.7 Å². The maximum atomic E-state index is 9.96. The van der Waals surface area contributed by atoms with Gasteiger partial charge < -0.3 is 44.8 Å². The Hall–Kier alpha value is -0.360. The minimum absolute atomic E-state index is 0.0552.